The average Bonchev–Trinajstić information content (AvgIpc) is 2.85. The first-order valence-electron chi connectivity index (χ1n) is 7.62. The molecule has 0 bridgehead atoms. The maximum atomic E-state index is 5.56. The van der Waals surface area contributed by atoms with Gasteiger partial charge in [-0.25, -0.2) is 9.98 Å². The summed E-state index contributed by atoms with van der Waals surface area (Å²) in [6, 6.07) is 0. The molecule has 1 heterocycles. The minimum atomic E-state index is 0.597. The van der Waals surface area contributed by atoms with Gasteiger partial charge in [0.25, 0.3) is 0 Å². The van der Waals surface area contributed by atoms with Crippen molar-refractivity contribution in [2.45, 2.75) is 40.7 Å². The van der Waals surface area contributed by atoms with Crippen LogP contribution in [-0.2, 0) is 11.3 Å². The Balaban J connectivity index is 2.27. The third kappa shape index (κ3) is 8.02. The lowest BCUT2D eigenvalue weighted by molar-refractivity contribution is 0.108. The second-order valence-electron chi connectivity index (χ2n) is 5.31. The highest BCUT2D eigenvalue weighted by atomic mass is 32.1. The zero-order valence-corrected chi connectivity index (χ0v) is 14.4. The normalized spacial score (nSPS) is 12.0. The molecule has 0 unspecified atom stereocenters. The molecule has 6 heteroatoms. The van der Waals surface area contributed by atoms with E-state index in [1.54, 1.807) is 11.3 Å². The van der Waals surface area contributed by atoms with Crippen molar-refractivity contribution >= 4 is 17.3 Å². The third-order valence-corrected chi connectivity index (χ3v) is 3.70. The largest absolute Gasteiger partial charge is 0.381 e. The van der Waals surface area contributed by atoms with Crippen LogP contribution in [0.25, 0.3) is 0 Å². The van der Waals surface area contributed by atoms with Gasteiger partial charge in [-0.05, 0) is 26.2 Å². The van der Waals surface area contributed by atoms with Gasteiger partial charge in [0.05, 0.1) is 17.7 Å². The Labute approximate surface area is 132 Å². The Morgan fingerprint density at radius 1 is 1.43 bits per heavy atom. The lowest BCUT2D eigenvalue weighted by Crippen LogP contribution is -2.38. The van der Waals surface area contributed by atoms with E-state index < -0.39 is 0 Å². The summed E-state index contributed by atoms with van der Waals surface area (Å²) >= 11 is 1.65. The second-order valence-corrected chi connectivity index (χ2v) is 6.24. The number of aromatic nitrogens is 1. The van der Waals surface area contributed by atoms with E-state index in [2.05, 4.69) is 41.4 Å². The number of nitrogens with zero attached hydrogens (tertiary/aromatic N) is 2. The molecule has 21 heavy (non-hydrogen) atoms. The van der Waals surface area contributed by atoms with Crippen molar-refractivity contribution in [3.05, 3.63) is 16.1 Å². The highest BCUT2D eigenvalue weighted by molar-refractivity contribution is 7.09. The average molecular weight is 312 g/mol. The molecule has 0 aliphatic heterocycles. The lowest BCUT2D eigenvalue weighted by Gasteiger charge is -2.11. The zero-order chi connectivity index (χ0) is 15.5. The van der Waals surface area contributed by atoms with Gasteiger partial charge in [-0.3, -0.25) is 0 Å². The van der Waals surface area contributed by atoms with Gasteiger partial charge in [-0.15, -0.1) is 11.3 Å². The van der Waals surface area contributed by atoms with Gasteiger partial charge in [0.15, 0.2) is 5.96 Å². The Kier molecular flexibility index (Phi) is 9.01. The van der Waals surface area contributed by atoms with Crippen LogP contribution in [-0.4, -0.2) is 37.2 Å². The molecular weight excluding hydrogens is 284 g/mol. The summed E-state index contributed by atoms with van der Waals surface area (Å²) in [4.78, 5) is 10.0. The first-order chi connectivity index (χ1) is 10.1. The molecule has 0 spiro atoms. The van der Waals surface area contributed by atoms with Crippen LogP contribution in [0.5, 0.6) is 0 Å². The number of aryl methyl sites for hydroxylation is 1. The summed E-state index contributed by atoms with van der Waals surface area (Å²) < 4.78 is 5.56. The fourth-order valence-corrected chi connectivity index (χ4v) is 2.37. The van der Waals surface area contributed by atoms with Gasteiger partial charge in [-0.2, -0.15) is 0 Å². The smallest absolute Gasteiger partial charge is 0.191 e. The number of hydrogen-bond acceptors (Lipinski definition) is 4. The highest BCUT2D eigenvalue weighted by Gasteiger charge is 2.02. The van der Waals surface area contributed by atoms with Crippen molar-refractivity contribution < 1.29 is 4.74 Å². The van der Waals surface area contributed by atoms with E-state index in [-0.39, 0.29) is 0 Å². The van der Waals surface area contributed by atoms with Crippen LogP contribution in [0, 0.1) is 12.8 Å². The van der Waals surface area contributed by atoms with Crippen LogP contribution in [0.3, 0.4) is 0 Å². The molecule has 0 aromatic carbocycles. The van der Waals surface area contributed by atoms with Crippen LogP contribution in [0.4, 0.5) is 0 Å². The predicted octanol–water partition coefficient (Wildman–Crippen LogP) is 2.57. The predicted molar refractivity (Wildman–Crippen MR) is 89.9 cm³/mol. The summed E-state index contributed by atoms with van der Waals surface area (Å²) in [5.41, 5.74) is 2.94. The molecule has 0 saturated carbocycles. The summed E-state index contributed by atoms with van der Waals surface area (Å²) in [6.45, 7) is 12.4. The number of hydrogen-bond donors (Lipinski definition) is 2. The molecule has 0 aliphatic rings. The number of thiazole rings is 1. The Bertz CT molecular complexity index is 418. The van der Waals surface area contributed by atoms with Crippen LogP contribution in [0.15, 0.2) is 10.5 Å². The van der Waals surface area contributed by atoms with Gasteiger partial charge < -0.3 is 15.4 Å². The Morgan fingerprint density at radius 2 is 2.24 bits per heavy atom. The molecule has 1 aromatic rings. The fraction of sp³-hybridized carbons (Fsp3) is 0.733. The third-order valence-electron chi connectivity index (χ3n) is 2.78. The molecule has 0 saturated heterocycles. The van der Waals surface area contributed by atoms with E-state index >= 15 is 0 Å². The second kappa shape index (κ2) is 10.6. The SMILES string of the molecule is CCNC(=NCc1scnc1C)NCCCOCC(C)C. The standard InChI is InChI=1S/C15H28N4OS/c1-5-16-15(17-7-6-8-20-10-12(2)3)18-9-14-13(4)19-11-21-14/h11-12H,5-10H2,1-4H3,(H2,16,17,18). The van der Waals surface area contributed by atoms with E-state index in [9.17, 15) is 0 Å². The summed E-state index contributed by atoms with van der Waals surface area (Å²) in [6.07, 6.45) is 0.983. The van der Waals surface area contributed by atoms with Crippen LogP contribution in [0.1, 0.15) is 37.8 Å². The van der Waals surface area contributed by atoms with Crippen LogP contribution >= 0.6 is 11.3 Å². The van der Waals surface area contributed by atoms with E-state index in [1.807, 2.05) is 12.4 Å². The quantitative estimate of drug-likeness (QED) is 0.418. The number of guanidine groups is 1. The molecule has 0 radical (unpaired) electrons. The highest BCUT2D eigenvalue weighted by Crippen LogP contribution is 2.12. The molecule has 1 rings (SSSR count). The zero-order valence-electron chi connectivity index (χ0n) is 13.6. The number of rotatable bonds is 9. The monoisotopic (exact) mass is 312 g/mol. The number of aliphatic imine (C=N–C) groups is 1. The fourth-order valence-electron chi connectivity index (χ4n) is 1.67. The van der Waals surface area contributed by atoms with Gasteiger partial charge in [0.1, 0.15) is 0 Å². The van der Waals surface area contributed by atoms with Gasteiger partial charge in [-0.1, -0.05) is 13.8 Å². The molecule has 0 aliphatic carbocycles. The van der Waals surface area contributed by atoms with Crippen molar-refractivity contribution in [3.63, 3.8) is 0 Å². The van der Waals surface area contributed by atoms with E-state index in [4.69, 9.17) is 4.74 Å². The number of ether oxygens (including phenoxy) is 1. The molecule has 5 nitrogen and oxygen atoms in total. The van der Waals surface area contributed by atoms with Crippen molar-refractivity contribution in [1.82, 2.24) is 15.6 Å². The van der Waals surface area contributed by atoms with E-state index in [0.29, 0.717) is 12.5 Å². The first-order valence-corrected chi connectivity index (χ1v) is 8.50. The van der Waals surface area contributed by atoms with Gasteiger partial charge in [0, 0.05) is 31.2 Å². The first kappa shape index (κ1) is 17.9. The van der Waals surface area contributed by atoms with Crippen molar-refractivity contribution in [2.24, 2.45) is 10.9 Å². The summed E-state index contributed by atoms with van der Waals surface area (Å²) in [7, 11) is 0. The summed E-state index contributed by atoms with van der Waals surface area (Å²) in [5.74, 6) is 1.45. The maximum Gasteiger partial charge on any atom is 0.191 e. The van der Waals surface area contributed by atoms with Crippen LogP contribution in [0.2, 0.25) is 0 Å². The molecule has 120 valence electrons. The molecule has 0 atom stereocenters. The minimum Gasteiger partial charge on any atom is -0.381 e. The van der Waals surface area contributed by atoms with Crippen molar-refractivity contribution in [3.8, 4) is 0 Å². The van der Waals surface area contributed by atoms with E-state index in [0.717, 1.165) is 44.4 Å². The molecule has 0 fully saturated rings. The number of nitrogens with one attached hydrogen (secondary N) is 2. The minimum absolute atomic E-state index is 0.597. The Morgan fingerprint density at radius 3 is 2.86 bits per heavy atom. The van der Waals surface area contributed by atoms with Crippen molar-refractivity contribution in [1.29, 1.82) is 0 Å². The summed E-state index contributed by atoms with van der Waals surface area (Å²) in [5, 5.41) is 6.59. The molecule has 2 N–H and O–H groups in total. The van der Waals surface area contributed by atoms with Crippen LogP contribution < -0.4 is 10.6 Å². The van der Waals surface area contributed by atoms with Gasteiger partial charge >= 0.3 is 0 Å². The topological polar surface area (TPSA) is 58.5 Å². The maximum absolute atomic E-state index is 5.56. The molecule has 1 aromatic heterocycles. The molecular formula is C15H28N4OS. The van der Waals surface area contributed by atoms with Crippen molar-refractivity contribution in [2.75, 3.05) is 26.3 Å². The van der Waals surface area contributed by atoms with Gasteiger partial charge in [0.2, 0.25) is 0 Å². The molecule has 0 amide bonds. The van der Waals surface area contributed by atoms with E-state index in [1.165, 1.54) is 4.88 Å². The lowest BCUT2D eigenvalue weighted by atomic mass is 10.2. The Hall–Kier alpha value is -1.14.